The predicted molar refractivity (Wildman–Crippen MR) is 105 cm³/mol. The first kappa shape index (κ1) is 21.1. The number of amides is 2. The van der Waals surface area contributed by atoms with Crippen molar-refractivity contribution >= 4 is 18.0 Å². The highest BCUT2D eigenvalue weighted by Gasteiger charge is 2.46. The number of nitrogens with two attached hydrogens (primary N) is 1. The molecule has 2 heterocycles. The molecule has 3 rings (SSSR count). The summed E-state index contributed by atoms with van der Waals surface area (Å²) >= 11 is 0. The molecule has 1 spiro atoms. The summed E-state index contributed by atoms with van der Waals surface area (Å²) < 4.78 is 10.2. The fourth-order valence-corrected chi connectivity index (χ4v) is 3.97. The summed E-state index contributed by atoms with van der Waals surface area (Å²) in [5, 5.41) is 3.04. The minimum Gasteiger partial charge on any atom is -0.427 e. The first-order valence-corrected chi connectivity index (χ1v) is 10.0. The van der Waals surface area contributed by atoms with Gasteiger partial charge in [-0.1, -0.05) is 44.2 Å². The van der Waals surface area contributed by atoms with E-state index in [1.54, 1.807) is 4.90 Å². The largest absolute Gasteiger partial charge is 0.427 e. The lowest BCUT2D eigenvalue weighted by Crippen LogP contribution is -2.57. The Hall–Kier alpha value is -2.61. The maximum atomic E-state index is 12.9. The summed E-state index contributed by atoms with van der Waals surface area (Å²) in [5.74, 6) is -0.674. The molecular formula is C21H29N3O5. The lowest BCUT2D eigenvalue weighted by atomic mass is 9.82. The summed E-state index contributed by atoms with van der Waals surface area (Å²) in [6, 6.07) is 8.78. The molecule has 2 aliphatic heterocycles. The second-order valence-corrected chi connectivity index (χ2v) is 8.18. The van der Waals surface area contributed by atoms with Crippen LogP contribution < -0.4 is 11.1 Å². The number of nitrogens with one attached hydrogen (secondary N) is 1. The fraction of sp³-hybridized carbons (Fsp3) is 0.571. The van der Waals surface area contributed by atoms with Crippen molar-refractivity contribution in [3.63, 3.8) is 0 Å². The van der Waals surface area contributed by atoms with E-state index < -0.39 is 30.4 Å². The van der Waals surface area contributed by atoms with E-state index in [1.807, 2.05) is 44.2 Å². The van der Waals surface area contributed by atoms with Gasteiger partial charge in [0.25, 0.3) is 0 Å². The first-order valence-electron chi connectivity index (χ1n) is 10.0. The Bertz CT molecular complexity index is 754. The number of likely N-dealkylation sites (tertiary alicyclic amines) is 1. The van der Waals surface area contributed by atoms with Gasteiger partial charge in [0.05, 0.1) is 11.6 Å². The van der Waals surface area contributed by atoms with Crippen LogP contribution in [0.4, 0.5) is 4.79 Å². The highest BCUT2D eigenvalue weighted by molar-refractivity contribution is 5.80. The van der Waals surface area contributed by atoms with Crippen LogP contribution in [0.2, 0.25) is 0 Å². The average molecular weight is 403 g/mol. The maximum absolute atomic E-state index is 12.9. The number of esters is 1. The van der Waals surface area contributed by atoms with Gasteiger partial charge in [-0.3, -0.25) is 14.5 Å². The molecule has 0 radical (unpaired) electrons. The maximum Gasteiger partial charge on any atom is 0.413 e. The normalized spacial score (nSPS) is 25.0. The molecule has 2 fully saturated rings. The SMILES string of the molecule is CC(C)C(N)C(=O)OCOC(=O)N1CC2(CCC(=O)N2)CCC1c1ccccc1. The van der Waals surface area contributed by atoms with Crippen LogP contribution in [0.15, 0.2) is 30.3 Å². The van der Waals surface area contributed by atoms with Crippen molar-refractivity contribution < 1.29 is 23.9 Å². The Labute approximate surface area is 170 Å². The molecule has 1 aromatic carbocycles. The van der Waals surface area contributed by atoms with Crippen LogP contribution >= 0.6 is 0 Å². The molecule has 0 bridgehead atoms. The molecule has 158 valence electrons. The van der Waals surface area contributed by atoms with Gasteiger partial charge >= 0.3 is 12.1 Å². The van der Waals surface area contributed by atoms with Crippen molar-refractivity contribution in [2.75, 3.05) is 13.3 Å². The van der Waals surface area contributed by atoms with E-state index >= 15 is 0 Å². The molecule has 8 heteroatoms. The minimum absolute atomic E-state index is 0.00748. The number of carbonyl (C=O) groups excluding carboxylic acids is 3. The van der Waals surface area contributed by atoms with Crippen molar-refractivity contribution in [1.82, 2.24) is 10.2 Å². The Morgan fingerprint density at radius 3 is 2.59 bits per heavy atom. The third kappa shape index (κ3) is 4.87. The first-order chi connectivity index (χ1) is 13.8. The number of benzene rings is 1. The molecule has 3 unspecified atom stereocenters. The van der Waals surface area contributed by atoms with Gasteiger partial charge in [0, 0.05) is 13.0 Å². The van der Waals surface area contributed by atoms with E-state index in [4.69, 9.17) is 15.2 Å². The molecule has 1 aromatic rings. The monoisotopic (exact) mass is 403 g/mol. The highest BCUT2D eigenvalue weighted by atomic mass is 16.7. The number of nitrogens with zero attached hydrogens (tertiary/aromatic N) is 1. The summed E-state index contributed by atoms with van der Waals surface area (Å²) in [7, 11) is 0. The van der Waals surface area contributed by atoms with E-state index in [1.165, 1.54) is 0 Å². The van der Waals surface area contributed by atoms with Crippen LogP contribution in [0, 0.1) is 5.92 Å². The summed E-state index contributed by atoms with van der Waals surface area (Å²) in [5.41, 5.74) is 6.33. The van der Waals surface area contributed by atoms with Crippen molar-refractivity contribution in [3.05, 3.63) is 35.9 Å². The van der Waals surface area contributed by atoms with Crippen LogP contribution in [0.5, 0.6) is 0 Å². The number of ether oxygens (including phenoxy) is 2. The molecule has 2 saturated heterocycles. The van der Waals surface area contributed by atoms with Crippen molar-refractivity contribution in [2.24, 2.45) is 11.7 Å². The Morgan fingerprint density at radius 1 is 1.24 bits per heavy atom. The third-order valence-corrected chi connectivity index (χ3v) is 5.77. The summed E-state index contributed by atoms with van der Waals surface area (Å²) in [6.45, 7) is 3.49. The second-order valence-electron chi connectivity index (χ2n) is 8.18. The minimum atomic E-state index is -0.766. The van der Waals surface area contributed by atoms with Gasteiger partial charge in [-0.15, -0.1) is 0 Å². The quantitative estimate of drug-likeness (QED) is 0.575. The topological polar surface area (TPSA) is 111 Å². The van der Waals surface area contributed by atoms with Crippen LogP contribution in [0.1, 0.15) is 51.1 Å². The molecule has 0 aliphatic carbocycles. The van der Waals surface area contributed by atoms with Gasteiger partial charge in [-0.05, 0) is 30.7 Å². The van der Waals surface area contributed by atoms with E-state index in [0.29, 0.717) is 25.8 Å². The van der Waals surface area contributed by atoms with Crippen molar-refractivity contribution in [2.45, 2.75) is 57.2 Å². The Balaban J connectivity index is 1.68. The molecule has 29 heavy (non-hydrogen) atoms. The predicted octanol–water partition coefficient (Wildman–Crippen LogP) is 2.09. The van der Waals surface area contributed by atoms with E-state index in [0.717, 1.165) is 12.0 Å². The lowest BCUT2D eigenvalue weighted by Gasteiger charge is -2.44. The smallest absolute Gasteiger partial charge is 0.413 e. The Kier molecular flexibility index (Phi) is 6.42. The van der Waals surface area contributed by atoms with E-state index in [-0.39, 0.29) is 17.9 Å². The molecule has 3 atom stereocenters. The van der Waals surface area contributed by atoms with Crippen LogP contribution in [-0.2, 0) is 19.1 Å². The van der Waals surface area contributed by atoms with Crippen LogP contribution in [0.25, 0.3) is 0 Å². The fourth-order valence-electron chi connectivity index (χ4n) is 3.97. The Morgan fingerprint density at radius 2 is 1.97 bits per heavy atom. The van der Waals surface area contributed by atoms with Gasteiger partial charge in [0.2, 0.25) is 12.7 Å². The molecule has 8 nitrogen and oxygen atoms in total. The van der Waals surface area contributed by atoms with Gasteiger partial charge < -0.3 is 20.5 Å². The van der Waals surface area contributed by atoms with Crippen LogP contribution in [-0.4, -0.2) is 47.8 Å². The number of hydrogen-bond donors (Lipinski definition) is 2. The summed E-state index contributed by atoms with van der Waals surface area (Å²) in [6.07, 6.45) is 2.07. The third-order valence-electron chi connectivity index (χ3n) is 5.77. The standard InChI is InChI=1S/C21H29N3O5/c1-14(2)18(22)19(26)28-13-29-20(27)24-12-21(11-9-17(25)23-21)10-8-16(24)15-6-4-3-5-7-15/h3-7,14,16,18H,8-13,22H2,1-2H3,(H,23,25). The highest BCUT2D eigenvalue weighted by Crippen LogP contribution is 2.39. The zero-order valence-electron chi connectivity index (χ0n) is 16.9. The van der Waals surface area contributed by atoms with Crippen LogP contribution in [0.3, 0.4) is 0 Å². The van der Waals surface area contributed by atoms with Crippen molar-refractivity contribution in [1.29, 1.82) is 0 Å². The summed E-state index contributed by atoms with van der Waals surface area (Å²) in [4.78, 5) is 38.1. The molecule has 3 N–H and O–H groups in total. The van der Waals surface area contributed by atoms with Crippen molar-refractivity contribution in [3.8, 4) is 0 Å². The molecule has 0 aromatic heterocycles. The number of hydrogen-bond acceptors (Lipinski definition) is 6. The number of rotatable bonds is 5. The van der Waals surface area contributed by atoms with Gasteiger partial charge in [0.1, 0.15) is 6.04 Å². The number of carbonyl (C=O) groups is 3. The van der Waals surface area contributed by atoms with Gasteiger partial charge in [-0.25, -0.2) is 4.79 Å². The molecule has 2 amide bonds. The molecular weight excluding hydrogens is 374 g/mol. The second kappa shape index (κ2) is 8.82. The van der Waals surface area contributed by atoms with Gasteiger partial charge in [0.15, 0.2) is 0 Å². The number of piperidine rings is 1. The zero-order chi connectivity index (χ0) is 21.0. The lowest BCUT2D eigenvalue weighted by molar-refractivity contribution is -0.155. The van der Waals surface area contributed by atoms with Gasteiger partial charge in [-0.2, -0.15) is 0 Å². The average Bonchev–Trinajstić information content (AvgIpc) is 3.07. The molecule has 0 saturated carbocycles. The van der Waals surface area contributed by atoms with E-state index in [9.17, 15) is 14.4 Å². The van der Waals surface area contributed by atoms with E-state index in [2.05, 4.69) is 5.32 Å². The zero-order valence-corrected chi connectivity index (χ0v) is 16.9. The molecule has 2 aliphatic rings.